The molecule has 0 radical (unpaired) electrons. The van der Waals surface area contributed by atoms with Gasteiger partial charge in [-0.1, -0.05) is 0 Å². The van der Waals surface area contributed by atoms with Gasteiger partial charge in [-0.15, -0.1) is 0 Å². The Hall–Kier alpha value is -3.76. The number of ether oxygens (including phenoxy) is 1. The van der Waals surface area contributed by atoms with Crippen LogP contribution in [0.3, 0.4) is 0 Å². The third-order valence-corrected chi connectivity index (χ3v) is 6.43. The Balaban J connectivity index is 1.45. The van der Waals surface area contributed by atoms with Gasteiger partial charge in [-0.3, -0.25) is 4.79 Å². The average molecular weight is 487 g/mol. The summed E-state index contributed by atoms with van der Waals surface area (Å²) in [5.74, 6) is -0.791. The molecule has 5 rings (SSSR count). The summed E-state index contributed by atoms with van der Waals surface area (Å²) in [5.41, 5.74) is -0.339. The summed E-state index contributed by atoms with van der Waals surface area (Å²) >= 11 is 0. The summed E-state index contributed by atoms with van der Waals surface area (Å²) in [5, 5.41) is 0. The van der Waals surface area contributed by atoms with E-state index in [4.69, 9.17) is 4.74 Å². The number of anilines is 1. The molecule has 2 saturated heterocycles. The molecule has 3 aromatic rings. The largest absolute Gasteiger partial charge is 0.492 e. The minimum absolute atomic E-state index is 0.127. The molecule has 2 bridgehead atoms. The lowest BCUT2D eigenvalue weighted by Gasteiger charge is -2.42. The fourth-order valence-corrected chi connectivity index (χ4v) is 4.96. The molecule has 2 aliphatic rings. The Bertz CT molecular complexity index is 1240. The predicted octanol–water partition coefficient (Wildman–Crippen LogP) is 4.20. The third-order valence-electron chi connectivity index (χ3n) is 6.43. The first kappa shape index (κ1) is 23.0. The monoisotopic (exact) mass is 487 g/mol. The first-order valence-corrected chi connectivity index (χ1v) is 11.0. The highest BCUT2D eigenvalue weighted by molar-refractivity contribution is 6.00. The molecule has 0 aliphatic carbocycles. The molecule has 7 nitrogen and oxygen atoms in total. The number of methoxy groups -OCH3 is 1. The minimum Gasteiger partial charge on any atom is -0.492 e. The number of amides is 1. The maximum absolute atomic E-state index is 14.0. The van der Waals surface area contributed by atoms with Crippen LogP contribution in [0.5, 0.6) is 5.75 Å². The summed E-state index contributed by atoms with van der Waals surface area (Å²) in [4.78, 5) is 29.5. The predicted molar refractivity (Wildman–Crippen MR) is 118 cm³/mol. The molecule has 2 unspecified atom stereocenters. The van der Waals surface area contributed by atoms with Gasteiger partial charge in [-0.05, 0) is 43.2 Å². The second kappa shape index (κ2) is 8.79. The highest BCUT2D eigenvalue weighted by Crippen LogP contribution is 2.44. The van der Waals surface area contributed by atoms with Crippen molar-refractivity contribution in [1.82, 2.24) is 19.9 Å². The van der Waals surface area contributed by atoms with Crippen LogP contribution in [-0.4, -0.2) is 58.0 Å². The Morgan fingerprint density at radius 2 is 1.71 bits per heavy atom. The molecular formula is C24H21F4N5O2. The zero-order chi connectivity index (χ0) is 24.7. The number of alkyl halides is 3. The molecule has 1 amide bonds. The normalized spacial score (nSPS) is 19.7. The second-order valence-corrected chi connectivity index (χ2v) is 8.48. The second-order valence-electron chi connectivity index (χ2n) is 8.48. The molecule has 2 fully saturated rings. The van der Waals surface area contributed by atoms with Crippen LogP contribution in [0.1, 0.15) is 28.8 Å². The number of piperazine rings is 1. The number of rotatable bonds is 4. The van der Waals surface area contributed by atoms with E-state index in [1.165, 1.54) is 37.7 Å². The molecule has 35 heavy (non-hydrogen) atoms. The quantitative estimate of drug-likeness (QED) is 0.514. The highest BCUT2D eigenvalue weighted by atomic mass is 19.4. The maximum atomic E-state index is 14.0. The number of halogens is 4. The molecule has 1 aromatic carbocycles. The van der Waals surface area contributed by atoms with Crippen LogP contribution in [0.4, 0.5) is 23.4 Å². The smallest absolute Gasteiger partial charge is 0.420 e. The Morgan fingerprint density at radius 3 is 2.34 bits per heavy atom. The zero-order valence-electron chi connectivity index (χ0n) is 18.7. The number of likely N-dealkylation sites (tertiary alicyclic amines) is 1. The number of hydrogen-bond acceptors (Lipinski definition) is 6. The lowest BCUT2D eigenvalue weighted by atomic mass is 10.0. The van der Waals surface area contributed by atoms with Crippen molar-refractivity contribution in [3.05, 3.63) is 65.9 Å². The van der Waals surface area contributed by atoms with Gasteiger partial charge in [0, 0.05) is 49.3 Å². The van der Waals surface area contributed by atoms with Crippen molar-refractivity contribution >= 4 is 11.7 Å². The first-order chi connectivity index (χ1) is 16.8. The van der Waals surface area contributed by atoms with E-state index in [0.29, 0.717) is 12.8 Å². The molecular weight excluding hydrogens is 466 g/mol. The van der Waals surface area contributed by atoms with Crippen molar-refractivity contribution in [2.24, 2.45) is 0 Å². The van der Waals surface area contributed by atoms with Crippen molar-refractivity contribution in [2.75, 3.05) is 25.1 Å². The van der Waals surface area contributed by atoms with Crippen molar-refractivity contribution in [3.8, 4) is 17.1 Å². The number of fused-ring (bicyclic) bond motifs is 2. The topological polar surface area (TPSA) is 71.5 Å². The van der Waals surface area contributed by atoms with Gasteiger partial charge < -0.3 is 14.5 Å². The van der Waals surface area contributed by atoms with Crippen molar-refractivity contribution in [2.45, 2.75) is 31.1 Å². The zero-order valence-corrected chi connectivity index (χ0v) is 18.7. The number of pyridine rings is 1. The van der Waals surface area contributed by atoms with Crippen molar-refractivity contribution in [1.29, 1.82) is 0 Å². The summed E-state index contributed by atoms with van der Waals surface area (Å²) in [6, 6.07) is 5.89. The van der Waals surface area contributed by atoms with E-state index in [2.05, 4.69) is 15.0 Å². The van der Waals surface area contributed by atoms with Crippen LogP contribution in [0.2, 0.25) is 0 Å². The first-order valence-electron chi connectivity index (χ1n) is 11.0. The van der Waals surface area contributed by atoms with Gasteiger partial charge >= 0.3 is 6.18 Å². The van der Waals surface area contributed by atoms with Gasteiger partial charge in [0.25, 0.3) is 5.91 Å². The summed E-state index contributed by atoms with van der Waals surface area (Å²) in [6.07, 6.45) is 0.938. The van der Waals surface area contributed by atoms with Crippen molar-refractivity contribution < 1.29 is 27.1 Å². The van der Waals surface area contributed by atoms with Crippen LogP contribution in [0, 0.1) is 5.82 Å². The standard InChI is InChI=1S/C24H21F4N5O2/c1-35-20-19(24(26,27)28)7-10-31-22(20)33-15-4-5-16(33)13-32(12-15)23(34)17-6-3-14(25)11-18(17)21-29-8-2-9-30-21/h2-3,6-11,15-16H,4-5,12-13H2,1H3. The molecule has 0 spiro atoms. The van der Waals surface area contributed by atoms with Crippen molar-refractivity contribution in [3.63, 3.8) is 0 Å². The number of carbonyl (C=O) groups is 1. The Kier molecular flexibility index (Phi) is 5.78. The number of hydrogen-bond donors (Lipinski definition) is 0. The van der Waals surface area contributed by atoms with Gasteiger partial charge in [0.05, 0.1) is 12.7 Å². The Morgan fingerprint density at radius 1 is 1.03 bits per heavy atom. The fraction of sp³-hybridized carbons (Fsp3) is 0.333. The summed E-state index contributed by atoms with van der Waals surface area (Å²) in [6.45, 7) is 0.561. The number of nitrogens with zero attached hydrogens (tertiary/aromatic N) is 5. The van der Waals surface area contributed by atoms with Crippen LogP contribution in [-0.2, 0) is 6.18 Å². The molecule has 4 heterocycles. The van der Waals surface area contributed by atoms with Crippen LogP contribution < -0.4 is 9.64 Å². The van der Waals surface area contributed by atoms with Crippen LogP contribution >= 0.6 is 0 Å². The molecule has 0 saturated carbocycles. The van der Waals surface area contributed by atoms with E-state index in [1.807, 2.05) is 4.90 Å². The van der Waals surface area contributed by atoms with Gasteiger partial charge in [0.1, 0.15) is 11.4 Å². The number of carbonyl (C=O) groups excluding carboxylic acids is 1. The van der Waals surface area contributed by atoms with E-state index in [9.17, 15) is 22.4 Å². The fourth-order valence-electron chi connectivity index (χ4n) is 4.96. The number of aromatic nitrogens is 3. The number of benzene rings is 1. The SMILES string of the molecule is COc1c(C(F)(F)F)ccnc1N1C2CCC1CN(C(=O)c1ccc(F)cc1-c1ncccn1)C2. The van der Waals surface area contributed by atoms with E-state index in [-0.39, 0.29) is 59.6 Å². The summed E-state index contributed by atoms with van der Waals surface area (Å²) < 4.78 is 59.8. The third kappa shape index (κ3) is 4.15. The molecule has 0 N–H and O–H groups in total. The van der Waals surface area contributed by atoms with E-state index >= 15 is 0 Å². The molecule has 182 valence electrons. The summed E-state index contributed by atoms with van der Waals surface area (Å²) in [7, 11) is 1.19. The Labute approximate surface area is 198 Å². The average Bonchev–Trinajstić information content (AvgIpc) is 3.11. The van der Waals surface area contributed by atoms with Crippen LogP contribution in [0.25, 0.3) is 11.4 Å². The molecule has 2 aliphatic heterocycles. The van der Waals surface area contributed by atoms with E-state index in [1.54, 1.807) is 11.0 Å². The molecule has 2 atom stereocenters. The van der Waals surface area contributed by atoms with Gasteiger partial charge in [-0.25, -0.2) is 19.3 Å². The minimum atomic E-state index is -4.58. The van der Waals surface area contributed by atoms with Gasteiger partial charge in [-0.2, -0.15) is 13.2 Å². The molecule has 2 aromatic heterocycles. The van der Waals surface area contributed by atoms with Gasteiger partial charge in [0.2, 0.25) is 0 Å². The lowest BCUT2D eigenvalue weighted by Crippen LogP contribution is -2.56. The van der Waals surface area contributed by atoms with E-state index < -0.39 is 17.6 Å². The lowest BCUT2D eigenvalue weighted by molar-refractivity contribution is -0.138. The van der Waals surface area contributed by atoms with E-state index in [0.717, 1.165) is 12.3 Å². The maximum Gasteiger partial charge on any atom is 0.420 e. The molecule has 11 heteroatoms. The van der Waals surface area contributed by atoms with Gasteiger partial charge in [0.15, 0.2) is 17.4 Å². The highest BCUT2D eigenvalue weighted by Gasteiger charge is 2.45. The van der Waals surface area contributed by atoms with Crippen LogP contribution in [0.15, 0.2) is 48.9 Å².